The number of carbonyl (C=O) groups is 1. The van der Waals surface area contributed by atoms with E-state index in [0.717, 1.165) is 12.8 Å². The summed E-state index contributed by atoms with van der Waals surface area (Å²) in [6.45, 7) is 3.24. The summed E-state index contributed by atoms with van der Waals surface area (Å²) in [7, 11) is -0.472. The van der Waals surface area contributed by atoms with E-state index in [-0.39, 0.29) is 12.1 Å². The lowest BCUT2D eigenvalue weighted by Gasteiger charge is -2.23. The Morgan fingerprint density at radius 1 is 0.833 bits per heavy atom. The molecule has 0 heterocycles. The second-order valence-electron chi connectivity index (χ2n) is 9.78. The molecule has 1 amide bonds. The highest BCUT2D eigenvalue weighted by molar-refractivity contribution is 7.46. The summed E-state index contributed by atoms with van der Waals surface area (Å²) >= 11 is 0. The van der Waals surface area contributed by atoms with Gasteiger partial charge in [-0.2, -0.15) is 0 Å². The van der Waals surface area contributed by atoms with Crippen LogP contribution >= 0.6 is 7.82 Å². The molecule has 2 unspecified atom stereocenters. The Bertz CT molecular complexity index is 532. The molecule has 0 aromatic carbocycles. The molecule has 5 N–H and O–H groups in total. The number of hydrogen-bond donors (Lipinski definition) is 5. The second kappa shape index (κ2) is 26.1. The van der Waals surface area contributed by atoms with E-state index in [2.05, 4.69) is 28.6 Å². The van der Waals surface area contributed by atoms with Gasteiger partial charge < -0.3 is 25.3 Å². The van der Waals surface area contributed by atoms with E-state index in [4.69, 9.17) is 20.0 Å². The van der Waals surface area contributed by atoms with Crippen LogP contribution in [0.2, 0.25) is 0 Å². The lowest BCUT2D eigenvalue weighted by molar-refractivity contribution is -0.123. The van der Waals surface area contributed by atoms with E-state index in [9.17, 15) is 9.36 Å². The zero-order chi connectivity index (χ0) is 27.7. The number of phosphoric acid groups is 1. The maximum absolute atomic E-state index is 11.9. The molecule has 9 nitrogen and oxygen atoms in total. The molecule has 0 aliphatic heterocycles. The summed E-state index contributed by atoms with van der Waals surface area (Å²) in [5.74, 6) is 0.209. The average molecular weight is 541 g/mol. The van der Waals surface area contributed by atoms with E-state index < -0.39 is 27.1 Å². The summed E-state index contributed by atoms with van der Waals surface area (Å²) in [4.78, 5) is 30.1. The molecule has 36 heavy (non-hydrogen) atoms. The highest BCUT2D eigenvalue weighted by atomic mass is 31.2. The second-order valence-corrected chi connectivity index (χ2v) is 11.0. The molecule has 0 aromatic rings. The Labute approximate surface area is 220 Å². The predicted molar refractivity (Wildman–Crippen MR) is 147 cm³/mol. The zero-order valence-electron chi connectivity index (χ0n) is 23.5. The third-order valence-corrected chi connectivity index (χ3v) is 6.48. The molecule has 10 heteroatoms. The SMILES string of the molecule is CCCCCCCCCCCCCCCCCC(=O)NC(CC)N(C)C.O=P(O)(O)OCC(O)CO. The predicted octanol–water partition coefficient (Wildman–Crippen LogP) is 5.11. The van der Waals surface area contributed by atoms with Crippen molar-refractivity contribution >= 4 is 13.7 Å². The third-order valence-electron chi connectivity index (χ3n) is 5.99. The molecule has 0 aliphatic carbocycles. The first-order valence-corrected chi connectivity index (χ1v) is 15.5. The van der Waals surface area contributed by atoms with Crippen LogP contribution in [-0.4, -0.2) is 70.4 Å². The van der Waals surface area contributed by atoms with Crippen LogP contribution in [0.1, 0.15) is 123 Å². The van der Waals surface area contributed by atoms with Gasteiger partial charge in [0.25, 0.3) is 0 Å². The van der Waals surface area contributed by atoms with E-state index >= 15 is 0 Å². The van der Waals surface area contributed by atoms with Crippen molar-refractivity contribution < 1.29 is 33.9 Å². The standard InChI is InChI=1S/C23H48N2O.C3H9O6P/c1-5-7-8-9-10-11-12-13-14-15-16-17-18-19-20-21-23(26)24-22(6-2)25(3)4;4-1-3(5)2-9-10(6,7)8/h22H,5-21H2,1-4H3,(H,24,26);3-5H,1-2H2,(H2,6,7,8). The van der Waals surface area contributed by atoms with Gasteiger partial charge in [-0.15, -0.1) is 0 Å². The molecule has 0 aromatic heterocycles. The van der Waals surface area contributed by atoms with Crippen LogP contribution in [0.4, 0.5) is 0 Å². The van der Waals surface area contributed by atoms with Crippen LogP contribution in [0, 0.1) is 0 Å². The first-order valence-electron chi connectivity index (χ1n) is 14.0. The minimum absolute atomic E-state index is 0.179. The van der Waals surface area contributed by atoms with Crippen LogP contribution < -0.4 is 5.32 Å². The summed E-state index contributed by atoms with van der Waals surface area (Å²) < 4.78 is 13.8. The highest BCUT2D eigenvalue weighted by Crippen LogP contribution is 2.35. The number of unbranched alkanes of at least 4 members (excludes halogenated alkanes) is 14. The van der Waals surface area contributed by atoms with Gasteiger partial charge in [-0.3, -0.25) is 14.2 Å². The molecule has 0 spiro atoms. The van der Waals surface area contributed by atoms with E-state index in [1.165, 1.54) is 89.9 Å². The van der Waals surface area contributed by atoms with Gasteiger partial charge in [0, 0.05) is 6.42 Å². The smallest absolute Gasteiger partial charge is 0.394 e. The number of phosphoric ester groups is 1. The summed E-state index contributed by atoms with van der Waals surface area (Å²) in [6.07, 6.45) is 21.0. The Hall–Kier alpha value is -0.540. The fourth-order valence-electron chi connectivity index (χ4n) is 3.75. The molecular formula is C26H57N2O7P. The van der Waals surface area contributed by atoms with E-state index in [1.807, 2.05) is 14.1 Å². The van der Waals surface area contributed by atoms with Crippen molar-refractivity contribution in [1.29, 1.82) is 0 Å². The lowest BCUT2D eigenvalue weighted by atomic mass is 10.0. The number of amides is 1. The third kappa shape index (κ3) is 29.7. The molecule has 0 radical (unpaired) electrons. The first kappa shape index (κ1) is 37.6. The minimum atomic E-state index is -4.50. The Kier molecular flexibility index (Phi) is 27.2. The Balaban J connectivity index is 0. The number of aliphatic hydroxyl groups excluding tert-OH is 2. The summed E-state index contributed by atoms with van der Waals surface area (Å²) in [6, 6.07) is 0. The van der Waals surface area contributed by atoms with E-state index in [1.54, 1.807) is 0 Å². The summed E-state index contributed by atoms with van der Waals surface area (Å²) in [5, 5.41) is 19.8. The van der Waals surface area contributed by atoms with Crippen LogP contribution in [0.25, 0.3) is 0 Å². The monoisotopic (exact) mass is 540 g/mol. The van der Waals surface area contributed by atoms with Gasteiger partial charge in [-0.25, -0.2) is 4.57 Å². The number of aliphatic hydroxyl groups is 2. The van der Waals surface area contributed by atoms with Crippen molar-refractivity contribution in [2.45, 2.75) is 135 Å². The van der Waals surface area contributed by atoms with Crippen molar-refractivity contribution in [3.8, 4) is 0 Å². The van der Waals surface area contributed by atoms with Crippen LogP contribution in [0.5, 0.6) is 0 Å². The molecule has 0 saturated heterocycles. The van der Waals surface area contributed by atoms with Crippen molar-refractivity contribution in [3.63, 3.8) is 0 Å². The fraction of sp³-hybridized carbons (Fsp3) is 0.962. The van der Waals surface area contributed by atoms with Gasteiger partial charge in [0.2, 0.25) is 5.91 Å². The van der Waals surface area contributed by atoms with Gasteiger partial charge in [0.05, 0.1) is 19.4 Å². The van der Waals surface area contributed by atoms with Crippen LogP contribution in [-0.2, 0) is 13.9 Å². The normalized spacial score (nSPS) is 13.2. The largest absolute Gasteiger partial charge is 0.469 e. The van der Waals surface area contributed by atoms with Gasteiger partial charge in [-0.1, -0.05) is 104 Å². The van der Waals surface area contributed by atoms with Crippen molar-refractivity contribution in [2.75, 3.05) is 27.3 Å². The molecule has 2 atom stereocenters. The first-order chi connectivity index (χ1) is 17.1. The number of nitrogens with zero attached hydrogens (tertiary/aromatic N) is 1. The van der Waals surface area contributed by atoms with Gasteiger partial charge in [0.15, 0.2) is 0 Å². The Morgan fingerprint density at radius 2 is 1.25 bits per heavy atom. The lowest BCUT2D eigenvalue weighted by Crippen LogP contribution is -2.44. The van der Waals surface area contributed by atoms with E-state index in [0.29, 0.717) is 6.42 Å². The quantitative estimate of drug-likeness (QED) is 0.0684. The van der Waals surface area contributed by atoms with Gasteiger partial charge in [-0.05, 0) is 26.9 Å². The van der Waals surface area contributed by atoms with Gasteiger partial charge in [0.1, 0.15) is 6.10 Å². The van der Waals surface area contributed by atoms with Crippen LogP contribution in [0.3, 0.4) is 0 Å². The molecule has 0 bridgehead atoms. The van der Waals surface area contributed by atoms with Gasteiger partial charge >= 0.3 is 7.82 Å². The molecule has 0 rings (SSSR count). The molecule has 0 saturated carbocycles. The van der Waals surface area contributed by atoms with Crippen molar-refractivity contribution in [2.24, 2.45) is 0 Å². The van der Waals surface area contributed by atoms with Crippen LogP contribution in [0.15, 0.2) is 0 Å². The topological polar surface area (TPSA) is 140 Å². The minimum Gasteiger partial charge on any atom is -0.394 e. The molecule has 0 fully saturated rings. The van der Waals surface area contributed by atoms with Crippen molar-refractivity contribution in [3.05, 3.63) is 0 Å². The zero-order valence-corrected chi connectivity index (χ0v) is 24.4. The Morgan fingerprint density at radius 3 is 1.58 bits per heavy atom. The van der Waals surface area contributed by atoms with Crippen molar-refractivity contribution in [1.82, 2.24) is 10.2 Å². The number of carbonyl (C=O) groups excluding carboxylic acids is 1. The highest BCUT2D eigenvalue weighted by Gasteiger charge is 2.15. The maximum atomic E-state index is 11.9. The molecular weight excluding hydrogens is 483 g/mol. The fourth-order valence-corrected chi connectivity index (χ4v) is 4.11. The number of hydrogen-bond acceptors (Lipinski definition) is 6. The number of rotatable bonds is 23. The molecule has 218 valence electrons. The summed E-state index contributed by atoms with van der Waals surface area (Å²) in [5.41, 5.74) is 0. The maximum Gasteiger partial charge on any atom is 0.469 e. The number of nitrogens with one attached hydrogen (secondary N) is 1. The molecule has 0 aliphatic rings. The average Bonchev–Trinajstić information content (AvgIpc) is 2.83.